The molecule has 0 aliphatic rings. The molecule has 0 saturated heterocycles. The van der Waals surface area contributed by atoms with Gasteiger partial charge in [0, 0.05) is 0 Å². The van der Waals surface area contributed by atoms with Crippen molar-refractivity contribution in [2.75, 3.05) is 0 Å². The minimum atomic E-state index is -0.339. The second-order valence-electron chi connectivity index (χ2n) is 4.95. The lowest BCUT2D eigenvalue weighted by molar-refractivity contribution is -0.146. The molecule has 0 spiro atoms. The summed E-state index contributed by atoms with van der Waals surface area (Å²) in [5.41, 5.74) is 1.69. The number of benzene rings is 1. The Morgan fingerprint density at radius 3 is 1.89 bits per heavy atom. The molecule has 0 amide bonds. The Labute approximate surface area is 110 Å². The molecule has 0 unspecified atom stereocenters. The Hall–Kier alpha value is -1.31. The molecule has 100 valence electrons. The molecule has 0 saturated carbocycles. The topological polar surface area (TPSA) is 26.3 Å². The highest BCUT2D eigenvalue weighted by Gasteiger charge is 2.35. The minimum absolute atomic E-state index is 0.0904. The summed E-state index contributed by atoms with van der Waals surface area (Å²) in [5.74, 6) is 0.634. The first-order valence-corrected chi connectivity index (χ1v) is 6.79. The van der Waals surface area contributed by atoms with E-state index in [4.69, 9.17) is 4.74 Å². The predicted octanol–water partition coefficient (Wildman–Crippen LogP) is 4.43. The molecule has 2 heteroatoms. The molecule has 0 heterocycles. The molecule has 0 N–H and O–H groups in total. The number of carbonyl (C=O) groups excluding carboxylic acids is 1. The van der Waals surface area contributed by atoms with Gasteiger partial charge in [-0.15, -0.1) is 0 Å². The first-order valence-electron chi connectivity index (χ1n) is 6.79. The van der Waals surface area contributed by atoms with Crippen molar-refractivity contribution in [1.29, 1.82) is 0 Å². The van der Waals surface area contributed by atoms with Crippen molar-refractivity contribution in [2.45, 2.75) is 53.9 Å². The SMILES string of the molecule is CCC(CC)(CC)C(=O)Oc1c(C)cccc1C. The van der Waals surface area contributed by atoms with E-state index < -0.39 is 0 Å². The van der Waals surface area contributed by atoms with Gasteiger partial charge in [0.2, 0.25) is 0 Å². The van der Waals surface area contributed by atoms with Crippen molar-refractivity contribution < 1.29 is 9.53 Å². The van der Waals surface area contributed by atoms with E-state index in [9.17, 15) is 4.79 Å². The smallest absolute Gasteiger partial charge is 0.317 e. The van der Waals surface area contributed by atoms with Gasteiger partial charge in [-0.05, 0) is 44.2 Å². The van der Waals surface area contributed by atoms with E-state index in [-0.39, 0.29) is 11.4 Å². The summed E-state index contributed by atoms with van der Waals surface area (Å²) in [6, 6.07) is 5.93. The molecule has 0 atom stereocenters. The van der Waals surface area contributed by atoms with Crippen molar-refractivity contribution in [3.63, 3.8) is 0 Å². The number of rotatable bonds is 5. The lowest BCUT2D eigenvalue weighted by atomic mass is 9.80. The fourth-order valence-electron chi connectivity index (χ4n) is 2.34. The van der Waals surface area contributed by atoms with E-state index >= 15 is 0 Å². The van der Waals surface area contributed by atoms with Gasteiger partial charge in [-0.2, -0.15) is 0 Å². The first-order chi connectivity index (χ1) is 8.50. The molecule has 0 fully saturated rings. The largest absolute Gasteiger partial charge is 0.426 e. The highest BCUT2D eigenvalue weighted by atomic mass is 16.5. The van der Waals surface area contributed by atoms with Crippen molar-refractivity contribution >= 4 is 5.97 Å². The lowest BCUT2D eigenvalue weighted by Gasteiger charge is -2.28. The van der Waals surface area contributed by atoms with Crippen molar-refractivity contribution in [3.8, 4) is 5.75 Å². The van der Waals surface area contributed by atoms with Crippen LogP contribution < -0.4 is 4.74 Å². The monoisotopic (exact) mass is 248 g/mol. The van der Waals surface area contributed by atoms with Crippen LogP contribution in [-0.2, 0) is 4.79 Å². The number of esters is 1. The van der Waals surface area contributed by atoms with Gasteiger partial charge in [0.05, 0.1) is 5.41 Å². The number of hydrogen-bond donors (Lipinski definition) is 0. The van der Waals surface area contributed by atoms with Crippen LogP contribution in [-0.4, -0.2) is 5.97 Å². The summed E-state index contributed by atoms with van der Waals surface area (Å²) >= 11 is 0. The van der Waals surface area contributed by atoms with Crippen LogP contribution in [0.25, 0.3) is 0 Å². The number of hydrogen-bond acceptors (Lipinski definition) is 2. The molecule has 18 heavy (non-hydrogen) atoms. The van der Waals surface area contributed by atoms with E-state index in [2.05, 4.69) is 20.8 Å². The van der Waals surface area contributed by atoms with Gasteiger partial charge in [-0.25, -0.2) is 0 Å². The van der Waals surface area contributed by atoms with Gasteiger partial charge < -0.3 is 4.74 Å². The molecular weight excluding hydrogens is 224 g/mol. The molecular formula is C16H24O2. The van der Waals surface area contributed by atoms with Crippen molar-refractivity contribution in [2.24, 2.45) is 5.41 Å². The van der Waals surface area contributed by atoms with E-state index in [1.807, 2.05) is 32.0 Å². The fraction of sp³-hybridized carbons (Fsp3) is 0.562. The lowest BCUT2D eigenvalue weighted by Crippen LogP contribution is -2.33. The van der Waals surface area contributed by atoms with Crippen LogP contribution in [0.4, 0.5) is 0 Å². The van der Waals surface area contributed by atoms with E-state index in [0.717, 1.165) is 36.1 Å². The van der Waals surface area contributed by atoms with Crippen LogP contribution in [0.5, 0.6) is 5.75 Å². The normalized spacial score (nSPS) is 11.4. The molecule has 0 aliphatic heterocycles. The van der Waals surface area contributed by atoms with Gasteiger partial charge in [0.1, 0.15) is 5.75 Å². The molecule has 1 aromatic rings. The molecule has 0 radical (unpaired) electrons. The van der Waals surface area contributed by atoms with Gasteiger partial charge in [0.25, 0.3) is 0 Å². The summed E-state index contributed by atoms with van der Waals surface area (Å²) in [4.78, 5) is 12.4. The minimum Gasteiger partial charge on any atom is -0.426 e. The second-order valence-corrected chi connectivity index (χ2v) is 4.95. The van der Waals surface area contributed by atoms with Crippen LogP contribution in [0.2, 0.25) is 0 Å². The Morgan fingerprint density at radius 1 is 1.06 bits per heavy atom. The third-order valence-corrected chi connectivity index (χ3v) is 4.07. The zero-order valence-corrected chi connectivity index (χ0v) is 12.2. The van der Waals surface area contributed by atoms with Gasteiger partial charge in [0.15, 0.2) is 0 Å². The highest BCUT2D eigenvalue weighted by Crippen LogP contribution is 2.34. The van der Waals surface area contributed by atoms with Crippen LogP contribution >= 0.6 is 0 Å². The van der Waals surface area contributed by atoms with Gasteiger partial charge in [-0.3, -0.25) is 4.79 Å². The van der Waals surface area contributed by atoms with Gasteiger partial charge >= 0.3 is 5.97 Å². The van der Waals surface area contributed by atoms with E-state index in [0.29, 0.717) is 0 Å². The zero-order valence-electron chi connectivity index (χ0n) is 12.2. The highest BCUT2D eigenvalue weighted by molar-refractivity contribution is 5.79. The third-order valence-electron chi connectivity index (χ3n) is 4.07. The summed E-state index contributed by atoms with van der Waals surface area (Å²) in [6.07, 6.45) is 2.47. The maximum Gasteiger partial charge on any atom is 0.317 e. The van der Waals surface area contributed by atoms with Crippen molar-refractivity contribution in [3.05, 3.63) is 29.3 Å². The average molecular weight is 248 g/mol. The number of ether oxygens (including phenoxy) is 1. The van der Waals surface area contributed by atoms with Crippen LogP contribution in [0.15, 0.2) is 18.2 Å². The number of carbonyl (C=O) groups is 1. The van der Waals surface area contributed by atoms with Crippen molar-refractivity contribution in [1.82, 2.24) is 0 Å². The molecule has 0 bridgehead atoms. The number of aryl methyl sites for hydroxylation is 2. The third kappa shape index (κ3) is 2.74. The molecule has 0 aromatic heterocycles. The Kier molecular flexibility index (Phi) is 4.94. The van der Waals surface area contributed by atoms with Crippen LogP contribution in [0.1, 0.15) is 51.2 Å². The van der Waals surface area contributed by atoms with Crippen LogP contribution in [0.3, 0.4) is 0 Å². The zero-order chi connectivity index (χ0) is 13.8. The maximum atomic E-state index is 12.4. The summed E-state index contributed by atoms with van der Waals surface area (Å²) < 4.78 is 5.68. The van der Waals surface area contributed by atoms with Crippen LogP contribution in [0, 0.1) is 19.3 Å². The number of para-hydroxylation sites is 1. The summed E-state index contributed by atoms with van der Waals surface area (Å²) in [6.45, 7) is 10.1. The second kappa shape index (κ2) is 6.03. The molecule has 0 aliphatic carbocycles. The predicted molar refractivity (Wildman–Crippen MR) is 74.9 cm³/mol. The van der Waals surface area contributed by atoms with Gasteiger partial charge in [-0.1, -0.05) is 39.0 Å². The summed E-state index contributed by atoms with van der Waals surface area (Å²) in [7, 11) is 0. The quantitative estimate of drug-likeness (QED) is 0.569. The molecule has 1 aromatic carbocycles. The Morgan fingerprint density at radius 2 is 1.50 bits per heavy atom. The Balaban J connectivity index is 3.00. The Bertz CT molecular complexity index is 389. The first kappa shape index (κ1) is 14.7. The van der Waals surface area contributed by atoms with E-state index in [1.165, 1.54) is 0 Å². The standard InChI is InChI=1S/C16H24O2/c1-6-16(7-2,8-3)15(17)18-14-12(4)10-9-11-13(14)5/h9-11H,6-8H2,1-5H3. The summed E-state index contributed by atoms with van der Waals surface area (Å²) in [5, 5.41) is 0. The fourth-order valence-corrected chi connectivity index (χ4v) is 2.34. The maximum absolute atomic E-state index is 12.4. The molecule has 1 rings (SSSR count). The van der Waals surface area contributed by atoms with E-state index in [1.54, 1.807) is 0 Å². The average Bonchev–Trinajstić information content (AvgIpc) is 2.37. The molecule has 2 nitrogen and oxygen atoms in total.